The molecule has 0 aliphatic heterocycles. The number of aliphatic hydroxyl groups is 1. The van der Waals surface area contributed by atoms with Gasteiger partial charge in [-0.25, -0.2) is 0 Å². The van der Waals surface area contributed by atoms with Crippen LogP contribution in [0.15, 0.2) is 0 Å². The number of aliphatic carboxylic acids is 1. The number of rotatable bonds is 6. The predicted octanol–water partition coefficient (Wildman–Crippen LogP) is -0.120. The Bertz CT molecular complexity index is 121. The van der Waals surface area contributed by atoms with Crippen LogP contribution in [-0.4, -0.2) is 35.4 Å². The Morgan fingerprint density at radius 3 is 2.50 bits per heavy atom. The van der Waals surface area contributed by atoms with Crippen LogP contribution < -0.4 is 5.32 Å². The van der Waals surface area contributed by atoms with E-state index >= 15 is 0 Å². The lowest BCUT2D eigenvalue weighted by atomic mass is 10.2. The SMILES string of the molecule is CCCNC(CCO)C(=O)O.P. The second kappa shape index (κ2) is 8.91. The van der Waals surface area contributed by atoms with Gasteiger partial charge in [0.2, 0.25) is 0 Å². The van der Waals surface area contributed by atoms with E-state index in [1.165, 1.54) is 0 Å². The van der Waals surface area contributed by atoms with E-state index in [1.54, 1.807) is 0 Å². The van der Waals surface area contributed by atoms with Gasteiger partial charge in [-0.3, -0.25) is 4.79 Å². The largest absolute Gasteiger partial charge is 0.480 e. The zero-order chi connectivity index (χ0) is 8.69. The minimum atomic E-state index is -0.896. The van der Waals surface area contributed by atoms with Crippen LogP contribution in [0.1, 0.15) is 19.8 Å². The minimum Gasteiger partial charge on any atom is -0.480 e. The molecule has 0 bridgehead atoms. The van der Waals surface area contributed by atoms with E-state index in [4.69, 9.17) is 10.2 Å². The highest BCUT2D eigenvalue weighted by Gasteiger charge is 2.14. The van der Waals surface area contributed by atoms with Crippen LogP contribution in [0.3, 0.4) is 0 Å². The fraction of sp³-hybridized carbons (Fsp3) is 0.857. The summed E-state index contributed by atoms with van der Waals surface area (Å²) < 4.78 is 0. The van der Waals surface area contributed by atoms with E-state index in [0.29, 0.717) is 6.54 Å². The first-order valence-corrected chi connectivity index (χ1v) is 3.79. The van der Waals surface area contributed by atoms with E-state index < -0.39 is 12.0 Å². The van der Waals surface area contributed by atoms with Crippen LogP contribution in [0.5, 0.6) is 0 Å². The summed E-state index contributed by atoms with van der Waals surface area (Å²) in [5.74, 6) is -0.896. The summed E-state index contributed by atoms with van der Waals surface area (Å²) in [6, 6.07) is -0.597. The first-order valence-electron chi connectivity index (χ1n) is 3.79. The maximum atomic E-state index is 10.4. The van der Waals surface area contributed by atoms with Gasteiger partial charge in [0.15, 0.2) is 0 Å². The second-order valence-corrected chi connectivity index (χ2v) is 2.36. The average Bonchev–Trinajstić information content (AvgIpc) is 1.97. The zero-order valence-electron chi connectivity index (χ0n) is 7.42. The number of carbonyl (C=O) groups is 1. The molecule has 3 N–H and O–H groups in total. The molecule has 12 heavy (non-hydrogen) atoms. The van der Waals surface area contributed by atoms with Gasteiger partial charge in [0.05, 0.1) is 0 Å². The molecule has 4 nitrogen and oxygen atoms in total. The molecule has 0 aromatic rings. The maximum absolute atomic E-state index is 10.4. The van der Waals surface area contributed by atoms with E-state index in [1.807, 2.05) is 6.92 Å². The number of aliphatic hydroxyl groups excluding tert-OH is 1. The molecule has 0 saturated carbocycles. The standard InChI is InChI=1S/C7H15NO3.H3P/c1-2-4-8-6(3-5-9)7(10)11;/h6,8-9H,2-5H2,1H3,(H,10,11);1H3. The average molecular weight is 195 g/mol. The summed E-state index contributed by atoms with van der Waals surface area (Å²) in [5.41, 5.74) is 0. The second-order valence-electron chi connectivity index (χ2n) is 2.36. The molecule has 0 spiro atoms. The lowest BCUT2D eigenvalue weighted by molar-refractivity contribution is -0.139. The number of hydrogen-bond acceptors (Lipinski definition) is 3. The molecule has 2 atom stereocenters. The van der Waals surface area contributed by atoms with E-state index in [0.717, 1.165) is 6.42 Å². The number of nitrogens with one attached hydrogen (secondary N) is 1. The summed E-state index contributed by atoms with van der Waals surface area (Å²) in [6.07, 6.45) is 1.17. The highest BCUT2D eigenvalue weighted by atomic mass is 31.0. The molecule has 0 heterocycles. The molecule has 2 unspecified atom stereocenters. The monoisotopic (exact) mass is 195 g/mol. The van der Waals surface area contributed by atoms with Gasteiger partial charge in [0.1, 0.15) is 6.04 Å². The molecule has 0 aliphatic rings. The third-order valence-corrected chi connectivity index (χ3v) is 1.36. The van der Waals surface area contributed by atoms with Crippen LogP contribution in [-0.2, 0) is 4.79 Å². The van der Waals surface area contributed by atoms with Gasteiger partial charge in [-0.2, -0.15) is 9.90 Å². The lowest BCUT2D eigenvalue weighted by Gasteiger charge is -2.11. The van der Waals surface area contributed by atoms with Crippen molar-refractivity contribution in [3.63, 3.8) is 0 Å². The van der Waals surface area contributed by atoms with Gasteiger partial charge in [-0.15, -0.1) is 0 Å². The van der Waals surface area contributed by atoms with Gasteiger partial charge < -0.3 is 15.5 Å². The van der Waals surface area contributed by atoms with Gasteiger partial charge in [-0.1, -0.05) is 6.92 Å². The third-order valence-electron chi connectivity index (χ3n) is 1.36. The molecule has 0 fully saturated rings. The van der Waals surface area contributed by atoms with Crippen molar-refractivity contribution in [3.05, 3.63) is 0 Å². The van der Waals surface area contributed by atoms with Gasteiger partial charge in [0, 0.05) is 6.61 Å². The molecule has 0 aliphatic carbocycles. The Morgan fingerprint density at radius 2 is 2.17 bits per heavy atom. The van der Waals surface area contributed by atoms with Crippen molar-refractivity contribution in [1.29, 1.82) is 0 Å². The fourth-order valence-corrected chi connectivity index (χ4v) is 0.761. The highest BCUT2D eigenvalue weighted by molar-refractivity contribution is 6.92. The first kappa shape index (κ1) is 14.3. The van der Waals surface area contributed by atoms with Crippen molar-refractivity contribution in [1.82, 2.24) is 5.32 Å². The van der Waals surface area contributed by atoms with Crippen LogP contribution in [0, 0.1) is 0 Å². The van der Waals surface area contributed by atoms with Crippen LogP contribution >= 0.6 is 9.90 Å². The summed E-state index contributed by atoms with van der Waals surface area (Å²) >= 11 is 0. The van der Waals surface area contributed by atoms with Crippen LogP contribution in [0.4, 0.5) is 0 Å². The fourth-order valence-electron chi connectivity index (χ4n) is 0.761. The first-order chi connectivity index (χ1) is 5.22. The van der Waals surface area contributed by atoms with Gasteiger partial charge in [0.25, 0.3) is 0 Å². The summed E-state index contributed by atoms with van der Waals surface area (Å²) in [7, 11) is 0. The molecular formula is C7H18NO3P. The molecule has 5 heteroatoms. The van der Waals surface area contributed by atoms with E-state index in [2.05, 4.69) is 5.32 Å². The summed E-state index contributed by atoms with van der Waals surface area (Å²) in [6.45, 7) is 2.55. The Morgan fingerprint density at radius 1 is 1.58 bits per heavy atom. The number of carboxylic acids is 1. The maximum Gasteiger partial charge on any atom is 0.320 e. The Kier molecular flexibility index (Phi) is 10.7. The van der Waals surface area contributed by atoms with Crippen molar-refractivity contribution in [2.75, 3.05) is 13.2 Å². The molecule has 74 valence electrons. The van der Waals surface area contributed by atoms with Crippen molar-refractivity contribution in [2.45, 2.75) is 25.8 Å². The molecule has 0 radical (unpaired) electrons. The third kappa shape index (κ3) is 6.53. The van der Waals surface area contributed by atoms with Crippen LogP contribution in [0.25, 0.3) is 0 Å². The van der Waals surface area contributed by atoms with Gasteiger partial charge >= 0.3 is 5.97 Å². The van der Waals surface area contributed by atoms with Crippen molar-refractivity contribution < 1.29 is 15.0 Å². The molecule has 0 saturated heterocycles. The molecule has 0 rings (SSSR count). The quantitative estimate of drug-likeness (QED) is 0.517. The summed E-state index contributed by atoms with van der Waals surface area (Å²) in [5, 5.41) is 19.8. The molecule has 0 aromatic carbocycles. The van der Waals surface area contributed by atoms with Crippen molar-refractivity contribution in [3.8, 4) is 0 Å². The van der Waals surface area contributed by atoms with Gasteiger partial charge in [-0.05, 0) is 19.4 Å². The Labute approximate surface area is 76.0 Å². The molecular weight excluding hydrogens is 177 g/mol. The van der Waals surface area contributed by atoms with E-state index in [-0.39, 0.29) is 22.9 Å². The number of hydrogen-bond donors (Lipinski definition) is 3. The summed E-state index contributed by atoms with van der Waals surface area (Å²) in [4.78, 5) is 10.4. The van der Waals surface area contributed by atoms with Crippen LogP contribution in [0.2, 0.25) is 0 Å². The lowest BCUT2D eigenvalue weighted by Crippen LogP contribution is -2.37. The normalized spacial score (nSPS) is 11.8. The van der Waals surface area contributed by atoms with Crippen molar-refractivity contribution >= 4 is 15.9 Å². The van der Waals surface area contributed by atoms with E-state index in [9.17, 15) is 4.79 Å². The number of carboxylic acid groups (broad SMARTS) is 1. The Hall–Kier alpha value is -0.180. The van der Waals surface area contributed by atoms with Crippen molar-refractivity contribution in [2.24, 2.45) is 0 Å². The molecule has 0 aromatic heterocycles. The smallest absolute Gasteiger partial charge is 0.320 e. The Balaban J connectivity index is 0. The highest BCUT2D eigenvalue weighted by Crippen LogP contribution is 1.90. The minimum absolute atomic E-state index is 0. The zero-order valence-corrected chi connectivity index (χ0v) is 8.83. The predicted molar refractivity (Wildman–Crippen MR) is 52.5 cm³/mol. The topological polar surface area (TPSA) is 69.6 Å². The molecule has 0 amide bonds.